The minimum absolute atomic E-state index is 0. The number of benzene rings is 4. The molecule has 4 aromatic rings. The number of hydrogen-bond acceptors (Lipinski definition) is 0. The maximum Gasteiger partial charge on any atom is 1.00 e. The van der Waals surface area contributed by atoms with Crippen LogP contribution in [0, 0.1) is 24.7 Å². The fourth-order valence-electron chi connectivity index (χ4n) is 4.96. The van der Waals surface area contributed by atoms with Gasteiger partial charge in [0, 0.05) is 0 Å². The standard InChI is InChI=1S/2C15H9.C4H8F4P2.2Au/c2*1-2-11-7-8-15-13(9-11)10-12-5-3-4-6-14(12)15;5-9(6)3-1-2-4-10(7)8;;/h2*3-9H,10H2;1-4H2;;/q2*-1;;2*+1/p+2. The average molecular weight is 968 g/mol. The van der Waals surface area contributed by atoms with Gasteiger partial charge < -0.3 is 12.8 Å². The molecule has 0 heterocycles. The smallest absolute Gasteiger partial charge is 0.366 e. The summed E-state index contributed by atoms with van der Waals surface area (Å²) in [5, 5.41) is 0. The molecule has 4 aromatic carbocycles. The molecule has 0 atom stereocenters. The number of hydrogen-bond donors (Lipinski definition) is 0. The molecule has 2 aliphatic carbocycles. The van der Waals surface area contributed by atoms with E-state index in [1.54, 1.807) is 0 Å². The first-order valence-corrected chi connectivity index (χ1v) is 15.9. The van der Waals surface area contributed by atoms with Crippen LogP contribution >= 0.6 is 17.1 Å². The van der Waals surface area contributed by atoms with Crippen molar-refractivity contribution in [2.24, 2.45) is 0 Å². The summed E-state index contributed by atoms with van der Waals surface area (Å²) in [6.07, 6.45) is 16.5. The summed E-state index contributed by atoms with van der Waals surface area (Å²) in [4.78, 5) is 0. The zero-order chi connectivity index (χ0) is 28.5. The molecule has 0 unspecified atom stereocenters. The molecule has 0 aromatic heterocycles. The Labute approximate surface area is 280 Å². The Bertz CT molecular complexity index is 1440. The van der Waals surface area contributed by atoms with Gasteiger partial charge in [0.15, 0.2) is 0 Å². The first kappa shape index (κ1) is 36.3. The van der Waals surface area contributed by atoms with Crippen molar-refractivity contribution in [3.8, 4) is 34.1 Å². The van der Waals surface area contributed by atoms with Gasteiger partial charge in [-0.1, -0.05) is 71.8 Å². The van der Waals surface area contributed by atoms with Crippen molar-refractivity contribution in [2.75, 3.05) is 12.3 Å². The summed E-state index contributed by atoms with van der Waals surface area (Å²) < 4.78 is 45.9. The van der Waals surface area contributed by atoms with Gasteiger partial charge >= 0.3 is 61.8 Å². The van der Waals surface area contributed by atoms with Crippen molar-refractivity contribution in [3.05, 3.63) is 131 Å². The van der Waals surface area contributed by atoms with Crippen molar-refractivity contribution in [1.29, 1.82) is 0 Å². The monoisotopic (exact) mass is 968 g/mol. The Morgan fingerprint density at radius 2 is 0.881 bits per heavy atom. The number of fused-ring (bicyclic) bond motifs is 6. The normalized spacial score (nSPS) is 11.0. The molecular weight excluding hydrogens is 940 g/mol. The average Bonchev–Trinajstić information content (AvgIpc) is 3.53. The molecule has 2 aliphatic rings. The van der Waals surface area contributed by atoms with Gasteiger partial charge in [-0.2, -0.15) is 0 Å². The fraction of sp³-hybridized carbons (Fsp3) is 0.176. The maximum absolute atomic E-state index is 11.5. The Hall–Kier alpha value is -1.94. The van der Waals surface area contributed by atoms with E-state index in [9.17, 15) is 16.8 Å². The molecule has 0 nitrogen and oxygen atoms in total. The van der Waals surface area contributed by atoms with E-state index in [0.717, 1.165) is 24.0 Å². The van der Waals surface area contributed by atoms with Crippen LogP contribution in [0.1, 0.15) is 46.2 Å². The van der Waals surface area contributed by atoms with Crippen LogP contribution in [0.15, 0.2) is 84.9 Å². The van der Waals surface area contributed by atoms with Crippen molar-refractivity contribution < 1.29 is 61.5 Å². The van der Waals surface area contributed by atoms with Crippen LogP contribution in [0.2, 0.25) is 0 Å². The molecule has 222 valence electrons. The summed E-state index contributed by atoms with van der Waals surface area (Å²) in [5.74, 6) is 4.87. The van der Waals surface area contributed by atoms with E-state index >= 15 is 0 Å². The molecule has 0 saturated carbocycles. The number of unbranched alkanes of at least 4 members (excludes halogenated alkanes) is 1. The van der Waals surface area contributed by atoms with Crippen LogP contribution in [0.4, 0.5) is 16.8 Å². The fourth-order valence-corrected chi connectivity index (χ4v) is 6.00. The third-order valence-corrected chi connectivity index (χ3v) is 8.32. The third-order valence-electron chi connectivity index (χ3n) is 6.86. The quantitative estimate of drug-likeness (QED) is 0.0404. The summed E-state index contributed by atoms with van der Waals surface area (Å²) in [7, 11) is -6.33. The number of rotatable bonds is 5. The zero-order valence-corrected chi connectivity index (χ0v) is 28.8. The van der Waals surface area contributed by atoms with Gasteiger partial charge in [0.2, 0.25) is 0 Å². The minimum Gasteiger partial charge on any atom is -0.366 e. The van der Waals surface area contributed by atoms with Gasteiger partial charge in [-0.05, 0) is 75.9 Å². The molecule has 0 bridgehead atoms. The molecule has 0 fully saturated rings. The van der Waals surface area contributed by atoms with Crippen LogP contribution in [0.3, 0.4) is 0 Å². The zero-order valence-electron chi connectivity index (χ0n) is 22.4. The molecule has 0 spiro atoms. The molecule has 0 saturated heterocycles. The van der Waals surface area contributed by atoms with E-state index in [-0.39, 0.29) is 69.9 Å². The van der Waals surface area contributed by atoms with Gasteiger partial charge in [0.1, 0.15) is 12.3 Å². The topological polar surface area (TPSA) is 0 Å². The first-order valence-electron chi connectivity index (χ1n) is 13.0. The third kappa shape index (κ3) is 9.79. The largest absolute Gasteiger partial charge is 1.00 e. The second-order valence-electron chi connectivity index (χ2n) is 9.55. The van der Waals surface area contributed by atoms with Crippen molar-refractivity contribution in [3.63, 3.8) is 0 Å². The van der Waals surface area contributed by atoms with E-state index in [2.05, 4.69) is 84.6 Å². The Kier molecular flexibility index (Phi) is 15.5. The minimum atomic E-state index is -3.17. The molecule has 0 N–H and O–H groups in total. The molecule has 0 aliphatic heterocycles. The van der Waals surface area contributed by atoms with Crippen LogP contribution in [0.25, 0.3) is 22.3 Å². The van der Waals surface area contributed by atoms with Gasteiger partial charge in [-0.3, -0.25) is 11.8 Å². The van der Waals surface area contributed by atoms with Gasteiger partial charge in [-0.25, -0.2) is 0 Å². The van der Waals surface area contributed by atoms with Gasteiger partial charge in [0.05, 0.1) is 0 Å². The van der Waals surface area contributed by atoms with Crippen LogP contribution < -0.4 is 0 Å². The van der Waals surface area contributed by atoms with Crippen LogP contribution in [-0.2, 0) is 57.6 Å². The molecule has 0 radical (unpaired) electrons. The predicted octanol–water partition coefficient (Wildman–Crippen LogP) is 10.1. The van der Waals surface area contributed by atoms with Crippen molar-refractivity contribution in [2.45, 2.75) is 25.7 Å². The Morgan fingerprint density at radius 3 is 1.24 bits per heavy atom. The van der Waals surface area contributed by atoms with Crippen LogP contribution in [-0.4, -0.2) is 12.3 Å². The van der Waals surface area contributed by atoms with Gasteiger partial charge in [-0.15, -0.1) is 35.4 Å². The molecule has 42 heavy (non-hydrogen) atoms. The van der Waals surface area contributed by atoms with E-state index < -0.39 is 17.1 Å². The van der Waals surface area contributed by atoms with E-state index in [1.807, 2.05) is 12.1 Å². The molecule has 0 amide bonds. The van der Waals surface area contributed by atoms with Crippen LogP contribution in [0.5, 0.6) is 0 Å². The molecule has 8 heteroatoms. The predicted molar refractivity (Wildman–Crippen MR) is 162 cm³/mol. The number of halogens is 4. The first-order chi connectivity index (χ1) is 19.4. The molecular formula is C34H28Au2F4P2+2. The van der Waals surface area contributed by atoms with Crippen molar-refractivity contribution in [1.82, 2.24) is 0 Å². The molecule has 6 rings (SSSR count). The summed E-state index contributed by atoms with van der Waals surface area (Å²) in [6.45, 7) is 0. The summed E-state index contributed by atoms with van der Waals surface area (Å²) >= 11 is 0. The Balaban J connectivity index is 0.000000221. The SMILES string of the molecule is F[PH+](F)CCCC[PH+](F)F.[Au+].[Au+].[C-]#Cc1ccc2c(c1)Cc1ccccc1-2.[C-]#Cc1ccc2c(c1)Cc1ccccc1-2. The van der Waals surface area contributed by atoms with E-state index in [4.69, 9.17) is 12.8 Å². The van der Waals surface area contributed by atoms with E-state index in [0.29, 0.717) is 0 Å². The summed E-state index contributed by atoms with van der Waals surface area (Å²) in [5.41, 5.74) is 12.4. The van der Waals surface area contributed by atoms with Gasteiger partial charge in [0.25, 0.3) is 0 Å². The summed E-state index contributed by atoms with van der Waals surface area (Å²) in [6, 6.07) is 29.2. The van der Waals surface area contributed by atoms with Crippen molar-refractivity contribution >= 4 is 17.1 Å². The van der Waals surface area contributed by atoms with E-state index in [1.165, 1.54) is 44.5 Å². The maximum atomic E-state index is 11.5. The second-order valence-corrected chi connectivity index (χ2v) is 11.9. The Morgan fingerprint density at radius 1 is 0.524 bits per heavy atom. The second kappa shape index (κ2) is 18.0.